The fourth-order valence-corrected chi connectivity index (χ4v) is 3.21. The van der Waals surface area contributed by atoms with Crippen LogP contribution in [0.3, 0.4) is 0 Å². The molecule has 1 unspecified atom stereocenters. The summed E-state index contributed by atoms with van der Waals surface area (Å²) in [5.41, 5.74) is 0.742. The molecule has 0 saturated carbocycles. The SMILES string of the molecule is CC(C)Oc1ccc(NC2NC(=O)N(CCO)C(=O)N2Cc2ccc([N+](=O)[O-])cc2)cc1F. The van der Waals surface area contributed by atoms with Crippen molar-refractivity contribution < 1.29 is 28.7 Å². The Bertz CT molecular complexity index is 1030. The minimum absolute atomic E-state index is 0.0201. The smallest absolute Gasteiger partial charge is 0.331 e. The van der Waals surface area contributed by atoms with E-state index in [0.717, 1.165) is 4.90 Å². The monoisotopic (exact) mass is 461 g/mol. The number of aliphatic hydroxyl groups is 1. The lowest BCUT2D eigenvalue weighted by Gasteiger charge is -2.41. The molecule has 1 heterocycles. The van der Waals surface area contributed by atoms with Gasteiger partial charge in [-0.15, -0.1) is 0 Å². The molecular formula is C21H24FN5O6. The van der Waals surface area contributed by atoms with Gasteiger partial charge < -0.3 is 15.2 Å². The normalized spacial score (nSPS) is 16.1. The van der Waals surface area contributed by atoms with Gasteiger partial charge in [0, 0.05) is 23.9 Å². The van der Waals surface area contributed by atoms with Gasteiger partial charge in [0.25, 0.3) is 5.69 Å². The van der Waals surface area contributed by atoms with E-state index >= 15 is 0 Å². The van der Waals surface area contributed by atoms with Crippen molar-refractivity contribution in [3.63, 3.8) is 0 Å². The molecule has 0 aliphatic carbocycles. The molecule has 0 radical (unpaired) electrons. The Balaban J connectivity index is 1.85. The number of non-ortho nitro benzene ring substituents is 1. The molecule has 11 nitrogen and oxygen atoms in total. The molecule has 1 aliphatic rings. The second kappa shape index (κ2) is 10.1. The number of aliphatic hydroxyl groups excluding tert-OH is 1. The summed E-state index contributed by atoms with van der Waals surface area (Å²) < 4.78 is 19.8. The van der Waals surface area contributed by atoms with Crippen molar-refractivity contribution in [2.45, 2.75) is 32.8 Å². The minimum Gasteiger partial charge on any atom is -0.488 e. The van der Waals surface area contributed by atoms with Crippen LogP contribution in [0.25, 0.3) is 0 Å². The maximum Gasteiger partial charge on any atom is 0.331 e. The Hall–Kier alpha value is -3.93. The minimum atomic E-state index is -1.05. The fraction of sp³-hybridized carbons (Fsp3) is 0.333. The van der Waals surface area contributed by atoms with Gasteiger partial charge in [0.2, 0.25) is 0 Å². The fourth-order valence-electron chi connectivity index (χ4n) is 3.21. The van der Waals surface area contributed by atoms with Crippen LogP contribution in [0.5, 0.6) is 5.75 Å². The van der Waals surface area contributed by atoms with Crippen LogP contribution in [0, 0.1) is 15.9 Å². The number of carbonyl (C=O) groups excluding carboxylic acids is 2. The number of benzene rings is 2. The molecule has 4 amide bonds. The van der Waals surface area contributed by atoms with E-state index in [0.29, 0.717) is 5.56 Å². The molecule has 1 fully saturated rings. The largest absolute Gasteiger partial charge is 0.488 e. The zero-order chi connectivity index (χ0) is 24.1. The van der Waals surface area contributed by atoms with E-state index in [2.05, 4.69) is 10.6 Å². The van der Waals surface area contributed by atoms with Crippen LogP contribution >= 0.6 is 0 Å². The van der Waals surface area contributed by atoms with Gasteiger partial charge in [-0.2, -0.15) is 0 Å². The number of imide groups is 1. The number of nitro benzene ring substituents is 1. The number of carbonyl (C=O) groups is 2. The van der Waals surface area contributed by atoms with E-state index < -0.39 is 35.7 Å². The molecule has 3 N–H and O–H groups in total. The van der Waals surface area contributed by atoms with Crippen LogP contribution in [-0.2, 0) is 6.54 Å². The molecule has 0 aromatic heterocycles. The van der Waals surface area contributed by atoms with Gasteiger partial charge in [0.15, 0.2) is 17.9 Å². The number of halogens is 1. The van der Waals surface area contributed by atoms with E-state index in [-0.39, 0.29) is 36.3 Å². The third-order valence-corrected chi connectivity index (χ3v) is 4.72. The first-order chi connectivity index (χ1) is 15.7. The molecule has 2 aromatic rings. The number of nitrogens with one attached hydrogen (secondary N) is 2. The number of β-amino-alcohol motifs (C(OH)–C–C–N with tert-alkyl or cyclic N) is 1. The second-order valence-electron chi connectivity index (χ2n) is 7.52. The summed E-state index contributed by atoms with van der Waals surface area (Å²) in [7, 11) is 0. The average Bonchev–Trinajstić information content (AvgIpc) is 2.76. The van der Waals surface area contributed by atoms with Crippen molar-refractivity contribution >= 4 is 23.4 Å². The summed E-state index contributed by atoms with van der Waals surface area (Å²) in [5.74, 6) is -0.554. The highest BCUT2D eigenvalue weighted by molar-refractivity contribution is 5.96. The number of hydrogen-bond acceptors (Lipinski definition) is 7. The van der Waals surface area contributed by atoms with E-state index in [1.807, 2.05) is 0 Å². The highest BCUT2D eigenvalue weighted by atomic mass is 19.1. The van der Waals surface area contributed by atoms with Crippen molar-refractivity contribution in [2.75, 3.05) is 18.5 Å². The summed E-state index contributed by atoms with van der Waals surface area (Å²) in [6.45, 7) is 2.87. The van der Waals surface area contributed by atoms with Crippen LogP contribution in [0.15, 0.2) is 42.5 Å². The van der Waals surface area contributed by atoms with Gasteiger partial charge in [0.1, 0.15) is 0 Å². The zero-order valence-corrected chi connectivity index (χ0v) is 18.0. The number of nitrogens with zero attached hydrogens (tertiary/aromatic N) is 3. The molecule has 0 spiro atoms. The van der Waals surface area contributed by atoms with Crippen LogP contribution < -0.4 is 15.4 Å². The lowest BCUT2D eigenvalue weighted by Crippen LogP contribution is -2.67. The Morgan fingerprint density at radius 2 is 1.94 bits per heavy atom. The van der Waals surface area contributed by atoms with E-state index in [1.54, 1.807) is 19.9 Å². The van der Waals surface area contributed by atoms with Crippen LogP contribution in [-0.4, -0.2) is 57.4 Å². The molecular weight excluding hydrogens is 437 g/mol. The summed E-state index contributed by atoms with van der Waals surface area (Å²) in [6.07, 6.45) is -1.27. The Kier molecular flexibility index (Phi) is 7.28. The maximum atomic E-state index is 14.4. The van der Waals surface area contributed by atoms with Crippen molar-refractivity contribution in [1.29, 1.82) is 0 Å². The van der Waals surface area contributed by atoms with Crippen LogP contribution in [0.2, 0.25) is 0 Å². The molecule has 1 aliphatic heterocycles. The van der Waals surface area contributed by atoms with E-state index in [1.165, 1.54) is 41.3 Å². The summed E-state index contributed by atoms with van der Waals surface area (Å²) in [6, 6.07) is 8.33. The van der Waals surface area contributed by atoms with Gasteiger partial charge in [0.05, 0.1) is 30.7 Å². The van der Waals surface area contributed by atoms with Gasteiger partial charge in [-0.25, -0.2) is 18.9 Å². The second-order valence-corrected chi connectivity index (χ2v) is 7.52. The molecule has 1 atom stereocenters. The van der Waals surface area contributed by atoms with Crippen LogP contribution in [0.1, 0.15) is 19.4 Å². The zero-order valence-electron chi connectivity index (χ0n) is 18.0. The number of amides is 4. The third kappa shape index (κ3) is 5.66. The highest BCUT2D eigenvalue weighted by Gasteiger charge is 2.38. The number of ether oxygens (including phenoxy) is 1. The van der Waals surface area contributed by atoms with Crippen molar-refractivity contribution in [3.8, 4) is 5.75 Å². The first-order valence-corrected chi connectivity index (χ1v) is 10.1. The van der Waals surface area contributed by atoms with Gasteiger partial charge in [-0.3, -0.25) is 20.3 Å². The molecule has 1 saturated heterocycles. The maximum absolute atomic E-state index is 14.4. The topological polar surface area (TPSA) is 137 Å². The quantitative estimate of drug-likeness (QED) is 0.386. The summed E-state index contributed by atoms with van der Waals surface area (Å²) in [4.78, 5) is 37.8. The number of rotatable bonds is 9. The number of urea groups is 2. The predicted octanol–water partition coefficient (Wildman–Crippen LogP) is 2.86. The lowest BCUT2D eigenvalue weighted by atomic mass is 10.2. The van der Waals surface area contributed by atoms with Crippen molar-refractivity contribution in [1.82, 2.24) is 15.1 Å². The van der Waals surface area contributed by atoms with Crippen molar-refractivity contribution in [3.05, 3.63) is 64.0 Å². The number of anilines is 1. The molecule has 12 heteroatoms. The molecule has 2 aromatic carbocycles. The summed E-state index contributed by atoms with van der Waals surface area (Å²) >= 11 is 0. The van der Waals surface area contributed by atoms with E-state index in [9.17, 15) is 29.2 Å². The Morgan fingerprint density at radius 3 is 2.52 bits per heavy atom. The molecule has 33 heavy (non-hydrogen) atoms. The van der Waals surface area contributed by atoms with Gasteiger partial charge in [-0.05, 0) is 31.5 Å². The standard InChI is InChI=1S/C21H24FN5O6/c1-13(2)33-18-8-5-15(11-17(18)22)23-19-24-20(29)25(9-10-28)21(30)26(19)12-14-3-6-16(7-4-14)27(31)32/h3-8,11,13,19,23,28H,9-10,12H2,1-2H3,(H,24,29). The molecule has 176 valence electrons. The lowest BCUT2D eigenvalue weighted by molar-refractivity contribution is -0.384. The Labute approximate surface area is 188 Å². The first-order valence-electron chi connectivity index (χ1n) is 10.1. The predicted molar refractivity (Wildman–Crippen MR) is 116 cm³/mol. The van der Waals surface area contributed by atoms with E-state index in [4.69, 9.17) is 4.74 Å². The van der Waals surface area contributed by atoms with Gasteiger partial charge >= 0.3 is 12.1 Å². The number of nitro groups is 1. The average molecular weight is 461 g/mol. The highest BCUT2D eigenvalue weighted by Crippen LogP contribution is 2.24. The Morgan fingerprint density at radius 1 is 1.24 bits per heavy atom. The number of hydrogen-bond donors (Lipinski definition) is 3. The first kappa shape index (κ1) is 23.7. The molecule has 3 rings (SSSR count). The summed E-state index contributed by atoms with van der Waals surface area (Å²) in [5, 5.41) is 25.6. The van der Waals surface area contributed by atoms with Crippen LogP contribution in [0.4, 0.5) is 25.4 Å². The van der Waals surface area contributed by atoms with Gasteiger partial charge in [-0.1, -0.05) is 12.1 Å². The molecule has 0 bridgehead atoms. The third-order valence-electron chi connectivity index (χ3n) is 4.72. The van der Waals surface area contributed by atoms with Crippen molar-refractivity contribution in [2.24, 2.45) is 0 Å².